The van der Waals surface area contributed by atoms with Crippen LogP contribution >= 0.6 is 0 Å². The summed E-state index contributed by atoms with van der Waals surface area (Å²) in [7, 11) is 0. The molecule has 2 aromatic rings. The summed E-state index contributed by atoms with van der Waals surface area (Å²) in [6.45, 7) is 0.798. The molecule has 0 saturated heterocycles. The van der Waals surface area contributed by atoms with Gasteiger partial charge in [-0.25, -0.2) is 0 Å². The lowest BCUT2D eigenvalue weighted by Crippen LogP contribution is -2.37. The smallest absolute Gasteiger partial charge is 0.111 e. The fourth-order valence-corrected chi connectivity index (χ4v) is 2.48. The van der Waals surface area contributed by atoms with Crippen LogP contribution < -0.4 is 0 Å². The van der Waals surface area contributed by atoms with Gasteiger partial charge in [-0.1, -0.05) is 60.4 Å². The van der Waals surface area contributed by atoms with Crippen LogP contribution in [0.3, 0.4) is 0 Å². The van der Waals surface area contributed by atoms with Crippen LogP contribution in [0, 0.1) is 11.8 Å². The van der Waals surface area contributed by atoms with E-state index in [1.54, 1.807) is 0 Å². The van der Waals surface area contributed by atoms with E-state index in [1.165, 1.54) is 0 Å². The Hall–Kier alpha value is -2.38. The van der Waals surface area contributed by atoms with Crippen molar-refractivity contribution in [2.45, 2.75) is 18.8 Å². The largest absolute Gasteiger partial charge is 0.394 e. The summed E-state index contributed by atoms with van der Waals surface area (Å²) in [6.07, 6.45) is 1.31. The Balaban J connectivity index is 1.69. The molecule has 0 spiro atoms. The number of aliphatic hydroxyl groups excluding tert-OH is 1. The Kier molecular flexibility index (Phi) is 5.81. The lowest BCUT2D eigenvalue weighted by atomic mass is 10.1. The van der Waals surface area contributed by atoms with Gasteiger partial charge in [-0.3, -0.25) is 0 Å². The molecular weight excluding hydrogens is 300 g/mol. The number of rotatable bonds is 4. The summed E-state index contributed by atoms with van der Waals surface area (Å²) < 4.78 is 11.6. The van der Waals surface area contributed by atoms with Gasteiger partial charge in [0.15, 0.2) is 0 Å². The number of ether oxygens (including phenoxy) is 2. The van der Waals surface area contributed by atoms with Crippen molar-refractivity contribution in [3.8, 4) is 11.8 Å². The molecule has 0 aromatic heterocycles. The van der Waals surface area contributed by atoms with E-state index in [0.717, 1.165) is 16.7 Å². The van der Waals surface area contributed by atoms with Crippen molar-refractivity contribution in [3.05, 3.63) is 83.4 Å². The van der Waals surface area contributed by atoms with Crippen LogP contribution in [0.2, 0.25) is 0 Å². The van der Waals surface area contributed by atoms with Crippen molar-refractivity contribution in [1.82, 2.24) is 0 Å². The first kappa shape index (κ1) is 16.5. The van der Waals surface area contributed by atoms with Crippen molar-refractivity contribution >= 4 is 0 Å². The van der Waals surface area contributed by atoms with Crippen LogP contribution in [-0.4, -0.2) is 30.5 Å². The van der Waals surface area contributed by atoms with Gasteiger partial charge >= 0.3 is 0 Å². The van der Waals surface area contributed by atoms with Gasteiger partial charge < -0.3 is 14.6 Å². The Bertz CT molecular complexity index is 726. The average molecular weight is 320 g/mol. The molecule has 0 bridgehead atoms. The second kappa shape index (κ2) is 8.47. The molecule has 0 amide bonds. The molecule has 0 aliphatic carbocycles. The van der Waals surface area contributed by atoms with Crippen LogP contribution in [0.5, 0.6) is 0 Å². The quantitative estimate of drug-likeness (QED) is 0.880. The molecule has 0 saturated carbocycles. The first-order chi connectivity index (χ1) is 11.8. The number of hydrogen-bond donors (Lipinski definition) is 1. The number of aliphatic hydroxyl groups is 1. The van der Waals surface area contributed by atoms with Crippen molar-refractivity contribution in [2.75, 3.05) is 13.2 Å². The van der Waals surface area contributed by atoms with Crippen LogP contribution in [0.15, 0.2) is 72.3 Å². The zero-order chi connectivity index (χ0) is 16.6. The average Bonchev–Trinajstić information content (AvgIpc) is 2.66. The van der Waals surface area contributed by atoms with E-state index < -0.39 is 0 Å². The fraction of sp³-hybridized carbons (Fsp3) is 0.238. The molecule has 24 heavy (non-hydrogen) atoms. The molecule has 0 unspecified atom stereocenters. The standard InChI is InChI=1S/C21H20O3/c22-14-21-20(23-15-18-9-5-2-6-10-18)13-19(16-24-21)12-11-17-7-3-1-4-8-17/h1-10,13,20-22H,14-16H2/t20-,21-/m1/s1. The zero-order valence-corrected chi connectivity index (χ0v) is 13.4. The summed E-state index contributed by atoms with van der Waals surface area (Å²) in [6, 6.07) is 19.8. The van der Waals surface area contributed by atoms with Gasteiger partial charge in [0, 0.05) is 11.1 Å². The second-order valence-corrected chi connectivity index (χ2v) is 5.60. The molecule has 1 N–H and O–H groups in total. The maximum atomic E-state index is 9.48. The highest BCUT2D eigenvalue weighted by atomic mass is 16.5. The highest BCUT2D eigenvalue weighted by Gasteiger charge is 2.25. The van der Waals surface area contributed by atoms with Gasteiger partial charge in [0.2, 0.25) is 0 Å². The van der Waals surface area contributed by atoms with E-state index >= 15 is 0 Å². The van der Waals surface area contributed by atoms with Crippen LogP contribution in [0.4, 0.5) is 0 Å². The minimum atomic E-state index is -0.351. The third kappa shape index (κ3) is 4.56. The second-order valence-electron chi connectivity index (χ2n) is 5.60. The van der Waals surface area contributed by atoms with Crippen molar-refractivity contribution < 1.29 is 14.6 Å². The molecule has 3 nitrogen and oxygen atoms in total. The molecule has 122 valence electrons. The molecular formula is C21H20O3. The summed E-state index contributed by atoms with van der Waals surface area (Å²) in [5.74, 6) is 6.26. The maximum absolute atomic E-state index is 9.48. The van der Waals surface area contributed by atoms with Crippen molar-refractivity contribution in [1.29, 1.82) is 0 Å². The molecule has 0 radical (unpaired) electrons. The third-order valence-corrected chi connectivity index (χ3v) is 3.79. The monoisotopic (exact) mass is 320 g/mol. The zero-order valence-electron chi connectivity index (χ0n) is 13.4. The molecule has 1 heterocycles. The third-order valence-electron chi connectivity index (χ3n) is 3.79. The SMILES string of the molecule is OC[C@H]1OCC(C#Cc2ccccc2)=C[C@H]1OCc1ccccc1. The van der Waals surface area contributed by atoms with Gasteiger partial charge in [0.05, 0.1) is 19.8 Å². The van der Waals surface area contributed by atoms with E-state index in [9.17, 15) is 5.11 Å². The van der Waals surface area contributed by atoms with E-state index in [2.05, 4.69) is 11.8 Å². The highest BCUT2D eigenvalue weighted by molar-refractivity contribution is 5.41. The summed E-state index contributed by atoms with van der Waals surface area (Å²) >= 11 is 0. The van der Waals surface area contributed by atoms with Gasteiger partial charge in [-0.15, -0.1) is 0 Å². The van der Waals surface area contributed by atoms with E-state index in [0.29, 0.717) is 13.2 Å². The van der Waals surface area contributed by atoms with Gasteiger partial charge in [0.25, 0.3) is 0 Å². The minimum Gasteiger partial charge on any atom is -0.394 e. The van der Waals surface area contributed by atoms with Gasteiger partial charge in [-0.05, 0) is 23.8 Å². The molecule has 0 fully saturated rings. The first-order valence-electron chi connectivity index (χ1n) is 8.01. The Morgan fingerprint density at radius 2 is 1.71 bits per heavy atom. The molecule has 1 aliphatic heterocycles. The van der Waals surface area contributed by atoms with E-state index in [4.69, 9.17) is 9.47 Å². The van der Waals surface area contributed by atoms with Gasteiger partial charge in [0.1, 0.15) is 12.2 Å². The Morgan fingerprint density at radius 1 is 1.00 bits per heavy atom. The first-order valence-corrected chi connectivity index (χ1v) is 8.01. The summed E-state index contributed by atoms with van der Waals surface area (Å²) in [4.78, 5) is 0. The van der Waals surface area contributed by atoms with Crippen molar-refractivity contribution in [2.24, 2.45) is 0 Å². The Morgan fingerprint density at radius 3 is 2.42 bits per heavy atom. The lowest BCUT2D eigenvalue weighted by Gasteiger charge is -2.28. The summed E-state index contributed by atoms with van der Waals surface area (Å²) in [5, 5.41) is 9.48. The topological polar surface area (TPSA) is 38.7 Å². The van der Waals surface area contributed by atoms with Crippen molar-refractivity contribution in [3.63, 3.8) is 0 Å². The Labute approximate surface area is 142 Å². The lowest BCUT2D eigenvalue weighted by molar-refractivity contribution is -0.0807. The molecule has 2 atom stereocenters. The van der Waals surface area contributed by atoms with E-state index in [1.807, 2.05) is 66.7 Å². The van der Waals surface area contributed by atoms with Gasteiger partial charge in [-0.2, -0.15) is 0 Å². The van der Waals surface area contributed by atoms with Crippen LogP contribution in [0.25, 0.3) is 0 Å². The molecule has 1 aliphatic rings. The molecule has 3 rings (SSSR count). The highest BCUT2D eigenvalue weighted by Crippen LogP contribution is 2.17. The predicted molar refractivity (Wildman–Crippen MR) is 93.2 cm³/mol. The number of benzene rings is 2. The molecule has 3 heteroatoms. The van der Waals surface area contributed by atoms with E-state index in [-0.39, 0.29) is 18.8 Å². The minimum absolute atomic E-state index is 0.0741. The maximum Gasteiger partial charge on any atom is 0.111 e. The fourth-order valence-electron chi connectivity index (χ4n) is 2.48. The van der Waals surface area contributed by atoms with Crippen LogP contribution in [-0.2, 0) is 16.1 Å². The number of hydrogen-bond acceptors (Lipinski definition) is 3. The predicted octanol–water partition coefficient (Wildman–Crippen LogP) is 2.94. The summed E-state index contributed by atoms with van der Waals surface area (Å²) in [5.41, 5.74) is 2.93. The normalized spacial score (nSPS) is 20.0. The molecule has 2 aromatic carbocycles. The van der Waals surface area contributed by atoms with Crippen LogP contribution in [0.1, 0.15) is 11.1 Å².